The van der Waals surface area contributed by atoms with Crippen molar-refractivity contribution in [2.75, 3.05) is 25.2 Å². The molecule has 1 unspecified atom stereocenters. The number of rotatable bonds is 5. The van der Waals surface area contributed by atoms with E-state index in [0.717, 1.165) is 17.2 Å². The highest BCUT2D eigenvalue weighted by Crippen LogP contribution is 2.13. The molecule has 1 heterocycles. The maximum Gasteiger partial charge on any atom is 0.335 e. The normalized spacial score (nSPS) is 17.9. The Hall–Kier alpha value is -1.53. The van der Waals surface area contributed by atoms with Crippen LogP contribution in [0, 0.1) is 0 Å². The number of amides is 1. The minimum Gasteiger partial charge on any atom is -0.478 e. The second-order valence-electron chi connectivity index (χ2n) is 4.74. The summed E-state index contributed by atoms with van der Waals surface area (Å²) >= 11 is 1.71. The van der Waals surface area contributed by atoms with Crippen molar-refractivity contribution in [1.29, 1.82) is 0 Å². The van der Waals surface area contributed by atoms with Gasteiger partial charge in [0.05, 0.1) is 11.6 Å². The molecule has 2 N–H and O–H groups in total. The molecule has 0 bridgehead atoms. The lowest BCUT2D eigenvalue weighted by atomic mass is 10.0. The smallest absolute Gasteiger partial charge is 0.335 e. The Kier molecular flexibility index (Phi) is 5.03. The predicted octanol–water partition coefficient (Wildman–Crippen LogP) is 1.05. The minimum atomic E-state index is -0.927. The molecular weight excluding hydrogens is 276 g/mol. The van der Waals surface area contributed by atoms with Crippen molar-refractivity contribution in [3.05, 3.63) is 35.4 Å². The summed E-state index contributed by atoms with van der Waals surface area (Å²) < 4.78 is 0. The number of carboxylic acids is 1. The van der Waals surface area contributed by atoms with Crippen LogP contribution in [0.2, 0.25) is 0 Å². The Morgan fingerprint density at radius 3 is 2.85 bits per heavy atom. The molecule has 108 valence electrons. The van der Waals surface area contributed by atoms with Crippen molar-refractivity contribution >= 4 is 23.6 Å². The number of hydrogen-bond donors (Lipinski definition) is 2. The third-order valence-electron chi connectivity index (χ3n) is 3.35. The fourth-order valence-electron chi connectivity index (χ4n) is 2.17. The highest BCUT2D eigenvalue weighted by Gasteiger charge is 2.25. The second kappa shape index (κ2) is 6.76. The third-order valence-corrected chi connectivity index (χ3v) is 4.29. The molecule has 0 radical (unpaired) electrons. The molecule has 6 heteroatoms. The first-order valence-corrected chi connectivity index (χ1v) is 7.62. The van der Waals surface area contributed by atoms with Crippen molar-refractivity contribution in [2.45, 2.75) is 12.5 Å². The number of nitrogens with zero attached hydrogens (tertiary/aromatic N) is 1. The molecule has 1 aliphatic heterocycles. The topological polar surface area (TPSA) is 69.6 Å². The van der Waals surface area contributed by atoms with Crippen LogP contribution in [-0.4, -0.2) is 53.1 Å². The molecule has 1 amide bonds. The molecule has 1 aliphatic rings. The standard InChI is InChI=1S/C14H18N2O3S/c1-16(13(17)12-8-20-9-15-12)7-6-10-4-2-3-5-11(10)14(18)19/h2-5,12,15H,6-9H2,1H3,(H,18,19). The predicted molar refractivity (Wildman–Crippen MR) is 79.0 cm³/mol. The number of likely N-dealkylation sites (N-methyl/N-ethyl adjacent to an activating group) is 1. The van der Waals surface area contributed by atoms with Gasteiger partial charge >= 0.3 is 5.97 Å². The van der Waals surface area contributed by atoms with Crippen molar-refractivity contribution in [3.63, 3.8) is 0 Å². The lowest BCUT2D eigenvalue weighted by Crippen LogP contribution is -2.43. The first-order chi connectivity index (χ1) is 9.59. The maximum absolute atomic E-state index is 12.1. The Morgan fingerprint density at radius 2 is 2.20 bits per heavy atom. The van der Waals surface area contributed by atoms with E-state index in [2.05, 4.69) is 5.32 Å². The van der Waals surface area contributed by atoms with E-state index in [1.165, 1.54) is 0 Å². The SMILES string of the molecule is CN(CCc1ccccc1C(=O)O)C(=O)C1CSCN1. The van der Waals surface area contributed by atoms with Gasteiger partial charge in [0.15, 0.2) is 0 Å². The molecule has 1 fully saturated rings. The summed E-state index contributed by atoms with van der Waals surface area (Å²) in [5.41, 5.74) is 1.07. The zero-order valence-electron chi connectivity index (χ0n) is 11.3. The zero-order valence-corrected chi connectivity index (χ0v) is 12.2. The van der Waals surface area contributed by atoms with Crippen LogP contribution in [0.4, 0.5) is 0 Å². The fourth-order valence-corrected chi connectivity index (χ4v) is 3.10. The van der Waals surface area contributed by atoms with Crippen molar-refractivity contribution in [1.82, 2.24) is 10.2 Å². The summed E-state index contributed by atoms with van der Waals surface area (Å²) in [4.78, 5) is 24.9. The largest absolute Gasteiger partial charge is 0.478 e. The molecule has 20 heavy (non-hydrogen) atoms. The first kappa shape index (κ1) is 14.9. The summed E-state index contributed by atoms with van der Waals surface area (Å²) in [5, 5.41) is 12.3. The van der Waals surface area contributed by atoms with E-state index < -0.39 is 5.97 Å². The van der Waals surface area contributed by atoms with Gasteiger partial charge in [0.25, 0.3) is 0 Å². The lowest BCUT2D eigenvalue weighted by molar-refractivity contribution is -0.131. The van der Waals surface area contributed by atoms with Crippen LogP contribution >= 0.6 is 11.8 Å². The van der Waals surface area contributed by atoms with Gasteiger partial charge in [0, 0.05) is 25.2 Å². The fraction of sp³-hybridized carbons (Fsp3) is 0.429. The molecule has 1 saturated heterocycles. The molecule has 5 nitrogen and oxygen atoms in total. The van der Waals surface area contributed by atoms with Crippen LogP contribution < -0.4 is 5.32 Å². The lowest BCUT2D eigenvalue weighted by Gasteiger charge is -2.21. The van der Waals surface area contributed by atoms with Crippen molar-refractivity contribution in [2.24, 2.45) is 0 Å². The second-order valence-corrected chi connectivity index (χ2v) is 5.77. The van der Waals surface area contributed by atoms with E-state index in [-0.39, 0.29) is 11.9 Å². The molecule has 0 aromatic heterocycles. The average Bonchev–Trinajstić information content (AvgIpc) is 2.98. The van der Waals surface area contributed by atoms with Gasteiger partial charge in [-0.3, -0.25) is 10.1 Å². The van der Waals surface area contributed by atoms with Crippen LogP contribution in [0.5, 0.6) is 0 Å². The van der Waals surface area contributed by atoms with E-state index in [1.54, 1.807) is 41.9 Å². The van der Waals surface area contributed by atoms with Gasteiger partial charge in [-0.15, -0.1) is 11.8 Å². The number of nitrogens with one attached hydrogen (secondary N) is 1. The number of benzene rings is 1. The van der Waals surface area contributed by atoms with Crippen molar-refractivity contribution in [3.8, 4) is 0 Å². The zero-order chi connectivity index (χ0) is 14.5. The van der Waals surface area contributed by atoms with Gasteiger partial charge in [-0.25, -0.2) is 4.79 Å². The third kappa shape index (κ3) is 3.52. The number of hydrogen-bond acceptors (Lipinski definition) is 4. The van der Waals surface area contributed by atoms with Crippen molar-refractivity contribution < 1.29 is 14.7 Å². The maximum atomic E-state index is 12.1. The Morgan fingerprint density at radius 1 is 1.45 bits per heavy atom. The summed E-state index contributed by atoms with van der Waals surface area (Å²) in [7, 11) is 1.76. The van der Waals surface area contributed by atoms with Gasteiger partial charge in [0.2, 0.25) is 5.91 Å². The molecule has 1 aromatic rings. The molecule has 2 rings (SSSR count). The Balaban J connectivity index is 1.94. The summed E-state index contributed by atoms with van der Waals surface area (Å²) in [6.45, 7) is 0.520. The average molecular weight is 294 g/mol. The van der Waals surface area contributed by atoms with E-state index in [9.17, 15) is 9.59 Å². The van der Waals surface area contributed by atoms with Crippen LogP contribution in [0.15, 0.2) is 24.3 Å². The van der Waals surface area contributed by atoms with E-state index in [4.69, 9.17) is 5.11 Å². The van der Waals surface area contributed by atoms with Crippen LogP contribution in [0.1, 0.15) is 15.9 Å². The van der Waals surface area contributed by atoms with Gasteiger partial charge in [-0.2, -0.15) is 0 Å². The van der Waals surface area contributed by atoms with Gasteiger partial charge in [0.1, 0.15) is 0 Å². The Labute approximate surface area is 122 Å². The first-order valence-electron chi connectivity index (χ1n) is 6.47. The molecule has 1 aromatic carbocycles. The minimum absolute atomic E-state index is 0.0720. The molecular formula is C14H18N2O3S. The molecule has 0 aliphatic carbocycles. The van der Waals surface area contributed by atoms with E-state index in [1.807, 2.05) is 6.07 Å². The van der Waals surface area contributed by atoms with Gasteiger partial charge < -0.3 is 10.0 Å². The number of carboxylic acid groups (broad SMARTS) is 1. The molecule has 1 atom stereocenters. The summed E-state index contributed by atoms with van der Waals surface area (Å²) in [6.07, 6.45) is 0.546. The summed E-state index contributed by atoms with van der Waals surface area (Å²) in [5.74, 6) is 0.757. The van der Waals surface area contributed by atoms with Crippen LogP contribution in [0.3, 0.4) is 0 Å². The van der Waals surface area contributed by atoms with Crippen LogP contribution in [-0.2, 0) is 11.2 Å². The Bertz CT molecular complexity index is 501. The molecule has 0 saturated carbocycles. The van der Waals surface area contributed by atoms with E-state index in [0.29, 0.717) is 18.5 Å². The number of aromatic carboxylic acids is 1. The molecule has 0 spiro atoms. The van der Waals surface area contributed by atoms with E-state index >= 15 is 0 Å². The number of carbonyl (C=O) groups is 2. The van der Waals surface area contributed by atoms with Crippen LogP contribution in [0.25, 0.3) is 0 Å². The monoisotopic (exact) mass is 294 g/mol. The van der Waals surface area contributed by atoms with Gasteiger partial charge in [-0.05, 0) is 18.1 Å². The highest BCUT2D eigenvalue weighted by atomic mass is 32.2. The van der Waals surface area contributed by atoms with Gasteiger partial charge in [-0.1, -0.05) is 18.2 Å². The quantitative estimate of drug-likeness (QED) is 0.849. The summed E-state index contributed by atoms with van der Waals surface area (Å²) in [6, 6.07) is 6.81. The number of carbonyl (C=O) groups excluding carboxylic acids is 1. The highest BCUT2D eigenvalue weighted by molar-refractivity contribution is 7.99. The number of thioether (sulfide) groups is 1.